The summed E-state index contributed by atoms with van der Waals surface area (Å²) < 4.78 is 11.7. The Morgan fingerprint density at radius 1 is 1.21 bits per heavy atom. The van der Waals surface area contributed by atoms with Gasteiger partial charge < -0.3 is 20.0 Å². The van der Waals surface area contributed by atoms with E-state index in [1.165, 1.54) is 0 Å². The van der Waals surface area contributed by atoms with Crippen LogP contribution in [0, 0.1) is 0 Å². The normalized spacial score (nSPS) is 16.1. The van der Waals surface area contributed by atoms with Crippen LogP contribution in [0.3, 0.4) is 0 Å². The van der Waals surface area contributed by atoms with Gasteiger partial charge in [0.05, 0.1) is 5.71 Å². The molecule has 0 unspecified atom stereocenters. The minimum atomic E-state index is -0.481. The van der Waals surface area contributed by atoms with Crippen LogP contribution in [0.2, 0.25) is 0 Å². The van der Waals surface area contributed by atoms with E-state index >= 15 is 0 Å². The van der Waals surface area contributed by atoms with E-state index in [4.69, 9.17) is 9.47 Å². The highest BCUT2D eigenvalue weighted by Gasteiger charge is 2.31. The van der Waals surface area contributed by atoms with E-state index in [9.17, 15) is 10.0 Å². The van der Waals surface area contributed by atoms with Gasteiger partial charge in [-0.15, -0.1) is 0 Å². The summed E-state index contributed by atoms with van der Waals surface area (Å²) in [6.45, 7) is 7.89. The molecule has 0 bridgehead atoms. The molecule has 0 aliphatic carbocycles. The van der Waals surface area contributed by atoms with Crippen LogP contribution in [0.1, 0.15) is 50.8 Å². The predicted molar refractivity (Wildman–Crippen MR) is 113 cm³/mol. The van der Waals surface area contributed by atoms with Crippen molar-refractivity contribution in [2.75, 3.05) is 11.9 Å². The molecule has 0 atom stereocenters. The van der Waals surface area contributed by atoms with E-state index in [0.29, 0.717) is 23.6 Å². The number of nitrogens with zero attached hydrogens (tertiary/aromatic N) is 1. The van der Waals surface area contributed by atoms with E-state index in [2.05, 4.69) is 24.3 Å². The van der Waals surface area contributed by atoms with E-state index in [-0.39, 0.29) is 12.5 Å². The predicted octanol–water partition coefficient (Wildman–Crippen LogP) is 4.57. The van der Waals surface area contributed by atoms with Gasteiger partial charge in [0, 0.05) is 23.7 Å². The molecular formula is C23H28N2O4. The van der Waals surface area contributed by atoms with Gasteiger partial charge in [-0.1, -0.05) is 37.2 Å². The Hall–Kier alpha value is -3.02. The fourth-order valence-electron chi connectivity index (χ4n) is 3.56. The fourth-order valence-corrected chi connectivity index (χ4v) is 3.56. The Kier molecular flexibility index (Phi) is 6.11. The Labute approximate surface area is 171 Å². The highest BCUT2D eigenvalue weighted by molar-refractivity contribution is 6.04. The average Bonchev–Trinajstić information content (AvgIpc) is 2.70. The summed E-state index contributed by atoms with van der Waals surface area (Å²) in [5.74, 6) is 0.891. The van der Waals surface area contributed by atoms with Gasteiger partial charge in [0.15, 0.2) is 6.61 Å². The van der Waals surface area contributed by atoms with Gasteiger partial charge in [-0.25, -0.2) is 0 Å². The molecule has 3 rings (SSSR count). The molecule has 1 amide bonds. The Morgan fingerprint density at radius 2 is 1.90 bits per heavy atom. The summed E-state index contributed by atoms with van der Waals surface area (Å²) in [4.78, 5) is 12.5. The number of rotatable bonds is 6. The molecule has 2 aromatic rings. The maximum absolute atomic E-state index is 12.5. The molecule has 1 heterocycles. The van der Waals surface area contributed by atoms with Crippen LogP contribution in [-0.2, 0) is 17.6 Å². The minimum Gasteiger partial charge on any atom is -0.487 e. The lowest BCUT2D eigenvalue weighted by atomic mass is 9.92. The van der Waals surface area contributed by atoms with Gasteiger partial charge in [0.25, 0.3) is 5.91 Å². The van der Waals surface area contributed by atoms with E-state index in [0.717, 1.165) is 35.2 Å². The van der Waals surface area contributed by atoms with Gasteiger partial charge in [-0.05, 0) is 49.9 Å². The summed E-state index contributed by atoms with van der Waals surface area (Å²) in [5, 5.41) is 15.7. The standard InChI is InChI=1S/C23H28N2O4/c1-5-15-8-7-9-16(6-2)22(15)24-21(26)14-28-17-10-11-18-19(25-27)13-23(3,4)29-20(18)12-17/h7-12,27H,5-6,13-14H2,1-4H3,(H,24,26)/b25-19-. The molecule has 6 heteroatoms. The first-order valence-corrected chi connectivity index (χ1v) is 9.94. The molecule has 0 radical (unpaired) electrons. The molecule has 0 saturated carbocycles. The third-order valence-corrected chi connectivity index (χ3v) is 5.00. The lowest BCUT2D eigenvalue weighted by Gasteiger charge is -2.33. The van der Waals surface area contributed by atoms with Gasteiger partial charge in [0.2, 0.25) is 0 Å². The molecule has 0 aromatic heterocycles. The van der Waals surface area contributed by atoms with Gasteiger partial charge in [0.1, 0.15) is 17.1 Å². The van der Waals surface area contributed by atoms with E-state index < -0.39 is 5.60 Å². The molecule has 2 N–H and O–H groups in total. The molecule has 0 spiro atoms. The van der Waals surface area contributed by atoms with Crippen LogP contribution in [0.5, 0.6) is 11.5 Å². The molecular weight excluding hydrogens is 368 g/mol. The second-order valence-electron chi connectivity index (χ2n) is 7.74. The van der Waals surface area contributed by atoms with Crippen LogP contribution in [0.25, 0.3) is 0 Å². The van der Waals surface area contributed by atoms with Crippen LogP contribution in [0.15, 0.2) is 41.6 Å². The van der Waals surface area contributed by atoms with Crippen molar-refractivity contribution in [3.63, 3.8) is 0 Å². The first-order valence-electron chi connectivity index (χ1n) is 9.94. The van der Waals surface area contributed by atoms with Crippen molar-refractivity contribution in [1.82, 2.24) is 0 Å². The van der Waals surface area contributed by atoms with Crippen LogP contribution in [0.4, 0.5) is 5.69 Å². The van der Waals surface area contributed by atoms with Crippen molar-refractivity contribution in [1.29, 1.82) is 0 Å². The highest BCUT2D eigenvalue weighted by Crippen LogP contribution is 2.36. The molecule has 0 saturated heterocycles. The van der Waals surface area contributed by atoms with Crippen LogP contribution in [-0.4, -0.2) is 29.0 Å². The second-order valence-corrected chi connectivity index (χ2v) is 7.74. The number of amides is 1. The van der Waals surface area contributed by atoms with Crippen molar-refractivity contribution in [3.8, 4) is 11.5 Å². The molecule has 0 fully saturated rings. The topological polar surface area (TPSA) is 80.2 Å². The first kappa shape index (κ1) is 20.7. The number of para-hydroxylation sites is 1. The number of ether oxygens (including phenoxy) is 2. The molecule has 2 aromatic carbocycles. The number of oxime groups is 1. The van der Waals surface area contributed by atoms with Crippen molar-refractivity contribution in [2.45, 2.75) is 52.6 Å². The quantitative estimate of drug-likeness (QED) is 0.554. The summed E-state index contributed by atoms with van der Waals surface area (Å²) in [7, 11) is 0. The van der Waals surface area contributed by atoms with Crippen LogP contribution >= 0.6 is 0 Å². The average molecular weight is 396 g/mol. The lowest BCUT2D eigenvalue weighted by molar-refractivity contribution is -0.118. The maximum Gasteiger partial charge on any atom is 0.262 e. The zero-order valence-electron chi connectivity index (χ0n) is 17.4. The summed E-state index contributed by atoms with van der Waals surface area (Å²) in [5.41, 5.74) is 3.92. The fraction of sp³-hybridized carbons (Fsp3) is 0.391. The summed E-state index contributed by atoms with van der Waals surface area (Å²) in [6.07, 6.45) is 2.20. The molecule has 29 heavy (non-hydrogen) atoms. The Morgan fingerprint density at radius 3 is 2.52 bits per heavy atom. The number of hydrogen-bond acceptors (Lipinski definition) is 5. The largest absolute Gasteiger partial charge is 0.487 e. The third kappa shape index (κ3) is 4.70. The Bertz CT molecular complexity index is 912. The number of hydrogen-bond donors (Lipinski definition) is 2. The molecule has 1 aliphatic rings. The van der Waals surface area contributed by atoms with Crippen molar-refractivity contribution in [3.05, 3.63) is 53.1 Å². The SMILES string of the molecule is CCc1cccc(CC)c1NC(=O)COc1ccc2c(c1)OC(C)(C)C/C2=N/O. The highest BCUT2D eigenvalue weighted by atomic mass is 16.5. The molecule has 1 aliphatic heterocycles. The number of nitrogens with one attached hydrogen (secondary N) is 1. The second kappa shape index (κ2) is 8.55. The Balaban J connectivity index is 1.71. The van der Waals surface area contributed by atoms with Gasteiger partial charge in [-0.3, -0.25) is 4.79 Å². The monoisotopic (exact) mass is 396 g/mol. The maximum atomic E-state index is 12.5. The molecule has 6 nitrogen and oxygen atoms in total. The number of aryl methyl sites for hydroxylation is 2. The van der Waals surface area contributed by atoms with Crippen LogP contribution < -0.4 is 14.8 Å². The van der Waals surface area contributed by atoms with Crippen molar-refractivity contribution >= 4 is 17.3 Å². The smallest absolute Gasteiger partial charge is 0.262 e. The van der Waals surface area contributed by atoms with E-state index in [1.807, 2.05) is 32.0 Å². The number of carbonyl (C=O) groups is 1. The van der Waals surface area contributed by atoms with E-state index in [1.54, 1.807) is 18.2 Å². The van der Waals surface area contributed by atoms with Crippen molar-refractivity contribution < 1.29 is 19.5 Å². The number of benzene rings is 2. The number of anilines is 1. The number of fused-ring (bicyclic) bond motifs is 1. The minimum absolute atomic E-state index is 0.107. The van der Waals surface area contributed by atoms with Gasteiger partial charge >= 0.3 is 0 Å². The third-order valence-electron chi connectivity index (χ3n) is 5.00. The summed E-state index contributed by atoms with van der Waals surface area (Å²) in [6, 6.07) is 11.3. The molecule has 154 valence electrons. The van der Waals surface area contributed by atoms with Gasteiger partial charge in [-0.2, -0.15) is 0 Å². The summed E-state index contributed by atoms with van der Waals surface area (Å²) >= 11 is 0. The van der Waals surface area contributed by atoms with Crippen molar-refractivity contribution in [2.24, 2.45) is 5.16 Å². The zero-order chi connectivity index (χ0) is 21.0. The number of carbonyl (C=O) groups excluding carboxylic acids is 1. The zero-order valence-corrected chi connectivity index (χ0v) is 17.4. The lowest BCUT2D eigenvalue weighted by Crippen LogP contribution is -2.36. The first-order chi connectivity index (χ1) is 13.9.